The fourth-order valence-electron chi connectivity index (χ4n) is 1.10. The molecule has 0 bridgehead atoms. The number of benzene rings is 1. The average Bonchev–Trinajstić information content (AvgIpc) is 2.39. The third-order valence-corrected chi connectivity index (χ3v) is 1.94. The van der Waals surface area contributed by atoms with Crippen molar-refractivity contribution in [2.75, 3.05) is 5.32 Å². The Kier molecular flexibility index (Phi) is 4.25. The molecule has 1 aromatic carbocycles. The predicted molar refractivity (Wildman–Crippen MR) is 52.9 cm³/mol. The summed E-state index contributed by atoms with van der Waals surface area (Å²) >= 11 is 0. The third kappa shape index (κ3) is 2.89. The maximum Gasteiger partial charge on any atom is 0.232 e. The van der Waals surface area contributed by atoms with Gasteiger partial charge in [0.05, 0.1) is 6.42 Å². The van der Waals surface area contributed by atoms with Crippen LogP contribution in [0.4, 0.5) is 27.6 Å². The van der Waals surface area contributed by atoms with Gasteiger partial charge < -0.3 is 16.3 Å². The van der Waals surface area contributed by atoms with Crippen molar-refractivity contribution in [2.24, 2.45) is 10.9 Å². The second-order valence-electron chi connectivity index (χ2n) is 3.26. The van der Waals surface area contributed by atoms with E-state index in [4.69, 9.17) is 10.9 Å². The molecule has 0 unspecified atom stereocenters. The van der Waals surface area contributed by atoms with E-state index in [0.717, 1.165) is 0 Å². The van der Waals surface area contributed by atoms with Gasteiger partial charge in [0.1, 0.15) is 11.5 Å². The molecule has 0 heterocycles. The molecule has 0 saturated carbocycles. The molecule has 0 aromatic heterocycles. The van der Waals surface area contributed by atoms with Crippen molar-refractivity contribution in [3.8, 4) is 0 Å². The molecule has 0 radical (unpaired) electrons. The van der Waals surface area contributed by atoms with E-state index >= 15 is 0 Å². The Labute approximate surface area is 102 Å². The molecule has 0 saturated heterocycles. The lowest BCUT2D eigenvalue weighted by Crippen LogP contribution is -2.23. The summed E-state index contributed by atoms with van der Waals surface area (Å²) in [5, 5.41) is 12.0. The van der Waals surface area contributed by atoms with Crippen LogP contribution in [0.1, 0.15) is 6.42 Å². The topological polar surface area (TPSA) is 87.7 Å². The zero-order valence-corrected chi connectivity index (χ0v) is 8.98. The quantitative estimate of drug-likeness (QED) is 0.149. The average molecular weight is 283 g/mol. The van der Waals surface area contributed by atoms with E-state index in [1.54, 1.807) is 0 Å². The smallest absolute Gasteiger partial charge is 0.232 e. The summed E-state index contributed by atoms with van der Waals surface area (Å²) in [5.41, 5.74) is 3.42. The monoisotopic (exact) mass is 283 g/mol. The van der Waals surface area contributed by atoms with Crippen molar-refractivity contribution in [3.63, 3.8) is 0 Å². The Bertz CT molecular complexity index is 532. The predicted octanol–water partition coefficient (Wildman–Crippen LogP) is 1.46. The fraction of sp³-hybridized carbons (Fsp3) is 0.111. The van der Waals surface area contributed by atoms with Crippen molar-refractivity contribution in [1.82, 2.24) is 0 Å². The fourth-order valence-corrected chi connectivity index (χ4v) is 1.10. The van der Waals surface area contributed by atoms with Gasteiger partial charge in [-0.15, -0.1) is 0 Å². The number of carbonyl (C=O) groups excluding carboxylic acids is 1. The molecule has 0 aliphatic rings. The zero-order valence-electron chi connectivity index (χ0n) is 8.98. The number of oxime groups is 1. The maximum absolute atomic E-state index is 13.1. The van der Waals surface area contributed by atoms with Gasteiger partial charge in [0.2, 0.25) is 11.7 Å². The largest absolute Gasteiger partial charge is 0.409 e. The van der Waals surface area contributed by atoms with Gasteiger partial charge in [-0.2, -0.15) is 0 Å². The van der Waals surface area contributed by atoms with E-state index in [9.17, 15) is 26.7 Å². The van der Waals surface area contributed by atoms with Gasteiger partial charge in [-0.05, 0) is 0 Å². The van der Waals surface area contributed by atoms with Gasteiger partial charge in [-0.25, -0.2) is 22.0 Å². The lowest BCUT2D eigenvalue weighted by Gasteiger charge is -2.09. The Balaban J connectivity index is 3.12. The molecule has 0 spiro atoms. The number of nitrogens with two attached hydrogens (primary N) is 1. The van der Waals surface area contributed by atoms with Gasteiger partial charge in [-0.3, -0.25) is 4.79 Å². The second kappa shape index (κ2) is 5.50. The SMILES string of the molecule is NC(CC(=O)Nc1c(F)c(F)c(F)c(F)c1F)=NO. The number of amidine groups is 1. The molecule has 0 aliphatic carbocycles. The first-order valence-electron chi connectivity index (χ1n) is 4.57. The van der Waals surface area contributed by atoms with Crippen LogP contribution in [0.25, 0.3) is 0 Å². The van der Waals surface area contributed by atoms with Gasteiger partial charge >= 0.3 is 0 Å². The summed E-state index contributed by atoms with van der Waals surface area (Å²) in [4.78, 5) is 11.1. The summed E-state index contributed by atoms with van der Waals surface area (Å²) in [6, 6.07) is 0. The summed E-state index contributed by atoms with van der Waals surface area (Å²) in [6.45, 7) is 0. The Morgan fingerprint density at radius 1 is 1.05 bits per heavy atom. The Hall–Kier alpha value is -2.39. The van der Waals surface area contributed by atoms with E-state index in [0.29, 0.717) is 0 Å². The van der Waals surface area contributed by atoms with Gasteiger partial charge in [-0.1, -0.05) is 5.16 Å². The Morgan fingerprint density at radius 2 is 1.47 bits per heavy atom. The molecule has 1 amide bonds. The van der Waals surface area contributed by atoms with Crippen LogP contribution < -0.4 is 11.1 Å². The highest BCUT2D eigenvalue weighted by Crippen LogP contribution is 2.27. The van der Waals surface area contributed by atoms with E-state index in [2.05, 4.69) is 5.16 Å². The van der Waals surface area contributed by atoms with Gasteiger partial charge in [0.25, 0.3) is 0 Å². The van der Waals surface area contributed by atoms with E-state index in [-0.39, 0.29) is 0 Å². The first kappa shape index (κ1) is 14.7. The number of nitrogens with zero attached hydrogens (tertiary/aromatic N) is 1. The number of halogens is 5. The molecule has 0 aliphatic heterocycles. The van der Waals surface area contributed by atoms with Crippen LogP contribution in [0.5, 0.6) is 0 Å². The van der Waals surface area contributed by atoms with Crippen LogP contribution in [0, 0.1) is 29.1 Å². The van der Waals surface area contributed by atoms with Crippen molar-refractivity contribution < 1.29 is 32.0 Å². The van der Waals surface area contributed by atoms with E-state index in [1.807, 2.05) is 0 Å². The first-order chi connectivity index (χ1) is 8.79. The van der Waals surface area contributed by atoms with Crippen molar-refractivity contribution in [3.05, 3.63) is 29.1 Å². The number of anilines is 1. The second-order valence-corrected chi connectivity index (χ2v) is 3.26. The van der Waals surface area contributed by atoms with Crippen LogP contribution in [0.15, 0.2) is 5.16 Å². The molecule has 19 heavy (non-hydrogen) atoms. The minimum atomic E-state index is -2.34. The van der Waals surface area contributed by atoms with Crippen LogP contribution in [0.3, 0.4) is 0 Å². The normalized spacial score (nSPS) is 11.5. The van der Waals surface area contributed by atoms with Crippen molar-refractivity contribution in [1.29, 1.82) is 0 Å². The van der Waals surface area contributed by atoms with Gasteiger partial charge in [0.15, 0.2) is 23.3 Å². The summed E-state index contributed by atoms with van der Waals surface area (Å²) < 4.78 is 64.5. The number of hydrogen-bond acceptors (Lipinski definition) is 3. The minimum Gasteiger partial charge on any atom is -0.409 e. The zero-order chi connectivity index (χ0) is 14.7. The molecular weight excluding hydrogens is 277 g/mol. The minimum absolute atomic E-state index is 0.610. The molecule has 1 rings (SSSR count). The molecule has 10 heteroatoms. The lowest BCUT2D eigenvalue weighted by molar-refractivity contribution is -0.115. The third-order valence-electron chi connectivity index (χ3n) is 1.94. The van der Waals surface area contributed by atoms with Gasteiger partial charge in [0, 0.05) is 0 Å². The molecule has 104 valence electrons. The number of amides is 1. The van der Waals surface area contributed by atoms with Crippen LogP contribution in [0.2, 0.25) is 0 Å². The highest BCUT2D eigenvalue weighted by Gasteiger charge is 2.26. The highest BCUT2D eigenvalue weighted by atomic mass is 19.2. The van der Waals surface area contributed by atoms with Crippen LogP contribution in [-0.2, 0) is 4.79 Å². The number of carbonyl (C=O) groups is 1. The van der Waals surface area contributed by atoms with Crippen molar-refractivity contribution >= 4 is 17.4 Å². The lowest BCUT2D eigenvalue weighted by atomic mass is 10.2. The summed E-state index contributed by atoms with van der Waals surface area (Å²) in [5.74, 6) is -13.0. The number of nitrogens with one attached hydrogen (secondary N) is 1. The molecule has 1 aromatic rings. The number of rotatable bonds is 3. The summed E-state index contributed by atoms with van der Waals surface area (Å²) in [6.07, 6.45) is -0.796. The number of hydrogen-bond donors (Lipinski definition) is 3. The molecule has 0 atom stereocenters. The van der Waals surface area contributed by atoms with E-state index in [1.165, 1.54) is 5.32 Å². The summed E-state index contributed by atoms with van der Waals surface area (Å²) in [7, 11) is 0. The Morgan fingerprint density at radius 3 is 1.89 bits per heavy atom. The van der Waals surface area contributed by atoms with E-state index < -0.39 is 52.9 Å². The van der Waals surface area contributed by atoms with Crippen molar-refractivity contribution in [2.45, 2.75) is 6.42 Å². The molecular formula is C9H6F5N3O2. The van der Waals surface area contributed by atoms with Crippen LogP contribution >= 0.6 is 0 Å². The molecule has 4 N–H and O–H groups in total. The first-order valence-corrected chi connectivity index (χ1v) is 4.57. The maximum atomic E-state index is 13.1. The standard InChI is InChI=1S/C9H6F5N3O2/c10-4-5(11)7(13)9(8(14)6(4)12)16-3(18)1-2(15)17-19/h19H,1H2,(H2,15,17)(H,16,18). The van der Waals surface area contributed by atoms with Crippen LogP contribution in [-0.4, -0.2) is 17.0 Å². The molecule has 5 nitrogen and oxygen atoms in total. The highest BCUT2D eigenvalue weighted by molar-refractivity contribution is 6.04. The molecule has 0 fully saturated rings.